The number of rotatable bonds is 2. The van der Waals surface area contributed by atoms with E-state index in [1.807, 2.05) is 41.8 Å². The number of carbonyl (C=O) groups is 1. The van der Waals surface area contributed by atoms with E-state index in [2.05, 4.69) is 21.6 Å². The SMILES string of the molecule is O=C1C[C@@H](c2cccs2)CC2=C1[C@H](c1ccccc1)c1c([nH][nH]c1=O)N2. The molecule has 5 nitrogen and oxygen atoms in total. The van der Waals surface area contributed by atoms with Crippen molar-refractivity contribution in [2.45, 2.75) is 24.7 Å². The van der Waals surface area contributed by atoms with Gasteiger partial charge in [-0.2, -0.15) is 0 Å². The van der Waals surface area contributed by atoms with E-state index >= 15 is 0 Å². The molecule has 0 amide bonds. The van der Waals surface area contributed by atoms with Crippen molar-refractivity contribution in [3.05, 3.63) is 85.5 Å². The molecule has 6 heteroatoms. The van der Waals surface area contributed by atoms with Crippen molar-refractivity contribution >= 4 is 22.9 Å². The molecule has 0 bridgehead atoms. The van der Waals surface area contributed by atoms with Gasteiger partial charge in [0, 0.05) is 34.4 Å². The first-order valence-electron chi connectivity index (χ1n) is 8.64. The van der Waals surface area contributed by atoms with Gasteiger partial charge in [0.2, 0.25) is 0 Å². The molecule has 0 saturated carbocycles. The van der Waals surface area contributed by atoms with Crippen LogP contribution in [0.1, 0.15) is 40.7 Å². The fourth-order valence-corrected chi connectivity index (χ4v) is 4.95. The van der Waals surface area contributed by atoms with Crippen molar-refractivity contribution in [2.24, 2.45) is 0 Å². The van der Waals surface area contributed by atoms with Gasteiger partial charge in [-0.05, 0) is 23.4 Å². The Morgan fingerprint density at radius 1 is 0.962 bits per heavy atom. The maximum atomic E-state index is 13.1. The fraction of sp³-hybridized carbons (Fsp3) is 0.200. The lowest BCUT2D eigenvalue weighted by Crippen LogP contribution is -2.31. The van der Waals surface area contributed by atoms with Gasteiger partial charge < -0.3 is 5.32 Å². The summed E-state index contributed by atoms with van der Waals surface area (Å²) in [5, 5.41) is 11.0. The highest BCUT2D eigenvalue weighted by molar-refractivity contribution is 7.10. The largest absolute Gasteiger partial charge is 0.343 e. The minimum absolute atomic E-state index is 0.122. The summed E-state index contributed by atoms with van der Waals surface area (Å²) >= 11 is 1.69. The van der Waals surface area contributed by atoms with Crippen LogP contribution in [0.2, 0.25) is 0 Å². The van der Waals surface area contributed by atoms with Crippen LogP contribution in [-0.2, 0) is 4.79 Å². The normalized spacial score (nSPS) is 21.9. The summed E-state index contributed by atoms with van der Waals surface area (Å²) in [5.74, 6) is 0.658. The maximum Gasteiger partial charge on any atom is 0.270 e. The first-order valence-corrected chi connectivity index (χ1v) is 9.52. The van der Waals surface area contributed by atoms with Crippen LogP contribution in [0.15, 0.2) is 63.9 Å². The number of fused-ring (bicyclic) bond motifs is 1. The van der Waals surface area contributed by atoms with Gasteiger partial charge in [-0.3, -0.25) is 19.8 Å². The number of allylic oxidation sites excluding steroid dienone is 2. The summed E-state index contributed by atoms with van der Waals surface area (Å²) < 4.78 is 0. The lowest BCUT2D eigenvalue weighted by Gasteiger charge is -2.34. The number of aromatic amines is 2. The van der Waals surface area contributed by atoms with E-state index in [9.17, 15) is 9.59 Å². The summed E-state index contributed by atoms with van der Waals surface area (Å²) in [6.07, 6.45) is 1.26. The van der Waals surface area contributed by atoms with E-state index in [-0.39, 0.29) is 23.2 Å². The third-order valence-electron chi connectivity index (χ3n) is 5.25. The molecule has 0 fully saturated rings. The third-order valence-corrected chi connectivity index (χ3v) is 6.29. The van der Waals surface area contributed by atoms with Crippen molar-refractivity contribution in [1.82, 2.24) is 10.2 Å². The average molecular weight is 363 g/mol. The summed E-state index contributed by atoms with van der Waals surface area (Å²) in [6.45, 7) is 0. The number of aromatic nitrogens is 2. The molecular formula is C20H17N3O2S. The van der Waals surface area contributed by atoms with E-state index in [0.29, 0.717) is 17.8 Å². The van der Waals surface area contributed by atoms with Crippen LogP contribution in [0.5, 0.6) is 0 Å². The van der Waals surface area contributed by atoms with Crippen LogP contribution < -0.4 is 10.9 Å². The Hall–Kier alpha value is -2.86. The number of ketones is 1. The number of hydrogen-bond acceptors (Lipinski definition) is 4. The average Bonchev–Trinajstić information content (AvgIpc) is 3.31. The highest BCUT2D eigenvalue weighted by Gasteiger charge is 2.40. The molecule has 1 aliphatic heterocycles. The van der Waals surface area contributed by atoms with Gasteiger partial charge in [0.25, 0.3) is 5.56 Å². The monoisotopic (exact) mass is 363 g/mol. The molecule has 3 heterocycles. The second kappa shape index (κ2) is 5.85. The van der Waals surface area contributed by atoms with Gasteiger partial charge >= 0.3 is 0 Å². The minimum atomic E-state index is -0.325. The van der Waals surface area contributed by atoms with Crippen LogP contribution in [0.4, 0.5) is 5.82 Å². The number of thiophene rings is 1. The molecule has 1 aromatic carbocycles. The fourth-order valence-electron chi connectivity index (χ4n) is 4.12. The van der Waals surface area contributed by atoms with Crippen LogP contribution in [0, 0.1) is 0 Å². The Morgan fingerprint density at radius 2 is 1.81 bits per heavy atom. The van der Waals surface area contributed by atoms with Gasteiger partial charge in [0.1, 0.15) is 5.82 Å². The highest BCUT2D eigenvalue weighted by atomic mass is 32.1. The summed E-state index contributed by atoms with van der Waals surface area (Å²) in [6, 6.07) is 13.9. The summed E-state index contributed by atoms with van der Waals surface area (Å²) in [4.78, 5) is 26.8. The standard InChI is InChI=1S/C20H17N3O2S/c24-14-10-12(15-7-4-8-26-15)9-13-17(14)16(11-5-2-1-3-6-11)18-19(21-13)22-23-20(18)25/h1-8,12,16H,9-10H2,(H3,21,22,23,25)/t12-,16-/m0/s1. The number of Topliss-reactive ketones (excluding diaryl/α,β-unsaturated/α-hetero) is 1. The lowest BCUT2D eigenvalue weighted by molar-refractivity contribution is -0.116. The highest BCUT2D eigenvalue weighted by Crippen LogP contribution is 2.46. The lowest BCUT2D eigenvalue weighted by atomic mass is 9.74. The molecule has 1 aliphatic carbocycles. The number of nitrogens with one attached hydrogen (secondary N) is 3. The molecule has 2 aliphatic rings. The molecule has 0 saturated heterocycles. The number of H-pyrrole nitrogens is 2. The Labute approximate surface area is 153 Å². The first-order chi connectivity index (χ1) is 12.7. The minimum Gasteiger partial charge on any atom is -0.343 e. The Balaban J connectivity index is 1.66. The van der Waals surface area contributed by atoms with Crippen molar-refractivity contribution < 1.29 is 4.79 Å². The quantitative estimate of drug-likeness (QED) is 0.649. The number of hydrogen-bond donors (Lipinski definition) is 3. The molecule has 2 aromatic heterocycles. The summed E-state index contributed by atoms with van der Waals surface area (Å²) in [7, 11) is 0. The van der Waals surface area contributed by atoms with E-state index < -0.39 is 0 Å². The molecule has 3 N–H and O–H groups in total. The summed E-state index contributed by atoms with van der Waals surface area (Å²) in [5.41, 5.74) is 3.05. The van der Waals surface area contributed by atoms with Crippen LogP contribution in [0.3, 0.4) is 0 Å². The van der Waals surface area contributed by atoms with E-state index in [0.717, 1.165) is 23.3 Å². The van der Waals surface area contributed by atoms with Gasteiger partial charge in [-0.1, -0.05) is 36.4 Å². The zero-order valence-corrected chi connectivity index (χ0v) is 14.7. The van der Waals surface area contributed by atoms with Crippen LogP contribution >= 0.6 is 11.3 Å². The number of anilines is 1. The second-order valence-electron chi connectivity index (χ2n) is 6.77. The Morgan fingerprint density at radius 3 is 2.58 bits per heavy atom. The molecule has 3 aromatic rings. The molecule has 130 valence electrons. The second-order valence-corrected chi connectivity index (χ2v) is 7.75. The van der Waals surface area contributed by atoms with Crippen molar-refractivity contribution in [1.29, 1.82) is 0 Å². The molecule has 2 atom stereocenters. The Bertz CT molecular complexity index is 1060. The zero-order valence-electron chi connectivity index (χ0n) is 13.9. The van der Waals surface area contributed by atoms with Crippen LogP contribution in [-0.4, -0.2) is 16.0 Å². The van der Waals surface area contributed by atoms with Crippen molar-refractivity contribution in [2.75, 3.05) is 5.32 Å². The molecule has 0 radical (unpaired) electrons. The van der Waals surface area contributed by atoms with Crippen LogP contribution in [0.25, 0.3) is 0 Å². The molecule has 5 rings (SSSR count). The van der Waals surface area contributed by atoms with Gasteiger partial charge in [0.15, 0.2) is 5.78 Å². The van der Waals surface area contributed by atoms with Gasteiger partial charge in [-0.15, -0.1) is 11.3 Å². The topological polar surface area (TPSA) is 77.8 Å². The van der Waals surface area contributed by atoms with Gasteiger partial charge in [-0.25, -0.2) is 0 Å². The first kappa shape index (κ1) is 15.4. The van der Waals surface area contributed by atoms with E-state index in [1.54, 1.807) is 11.3 Å². The predicted molar refractivity (Wildman–Crippen MR) is 102 cm³/mol. The van der Waals surface area contributed by atoms with E-state index in [1.165, 1.54) is 4.88 Å². The molecule has 0 spiro atoms. The zero-order chi connectivity index (χ0) is 17.7. The Kier molecular flexibility index (Phi) is 3.46. The smallest absolute Gasteiger partial charge is 0.270 e. The molecular weight excluding hydrogens is 346 g/mol. The van der Waals surface area contributed by atoms with Crippen molar-refractivity contribution in [3.8, 4) is 0 Å². The van der Waals surface area contributed by atoms with Crippen molar-refractivity contribution in [3.63, 3.8) is 0 Å². The number of benzene rings is 1. The molecule has 0 unspecified atom stereocenters. The predicted octanol–water partition coefficient (Wildman–Crippen LogP) is 3.72. The molecule has 26 heavy (non-hydrogen) atoms. The van der Waals surface area contributed by atoms with Gasteiger partial charge in [0.05, 0.1) is 5.56 Å². The maximum absolute atomic E-state index is 13.1. The third kappa shape index (κ3) is 2.29. The van der Waals surface area contributed by atoms with E-state index in [4.69, 9.17) is 0 Å². The number of carbonyl (C=O) groups excluding carboxylic acids is 1.